The molecule has 1 heterocycles. The number of carbonyl (C=O) groups is 1. The molecule has 0 unspecified atom stereocenters. The molecule has 11 heteroatoms. The van der Waals surface area contributed by atoms with Crippen LogP contribution in [-0.4, -0.2) is 30.8 Å². The number of rotatable bonds is 6. The van der Waals surface area contributed by atoms with Crippen LogP contribution in [-0.2, 0) is 14.6 Å². The van der Waals surface area contributed by atoms with E-state index in [0.717, 1.165) is 22.3 Å². The summed E-state index contributed by atoms with van der Waals surface area (Å²) in [5.41, 5.74) is 1.07. The summed E-state index contributed by atoms with van der Waals surface area (Å²) < 4.78 is 49.4. The largest absolute Gasteiger partial charge is 0.341 e. The van der Waals surface area contributed by atoms with Crippen LogP contribution >= 0.6 is 34.7 Å². The third-order valence-electron chi connectivity index (χ3n) is 3.36. The first kappa shape index (κ1) is 20.0. The van der Waals surface area contributed by atoms with E-state index in [0.29, 0.717) is 15.0 Å². The highest BCUT2D eigenvalue weighted by atomic mass is 35.5. The molecule has 27 heavy (non-hydrogen) atoms. The lowest BCUT2D eigenvalue weighted by Gasteiger charge is -2.06. The zero-order valence-electron chi connectivity index (χ0n) is 13.4. The van der Waals surface area contributed by atoms with Gasteiger partial charge in [-0.1, -0.05) is 23.4 Å². The number of carbonyl (C=O) groups excluding carboxylic acids is 1. The average molecular weight is 449 g/mol. The van der Waals surface area contributed by atoms with Crippen molar-refractivity contribution in [3.05, 3.63) is 47.5 Å². The lowest BCUT2D eigenvalue weighted by Crippen LogP contribution is -2.14. The molecule has 3 aromatic rings. The lowest BCUT2D eigenvalue weighted by atomic mass is 10.3. The van der Waals surface area contributed by atoms with Crippen LogP contribution in [0.25, 0.3) is 10.2 Å². The first-order valence-corrected chi connectivity index (χ1v) is 11.1. The molecule has 0 saturated carbocycles. The molecule has 0 saturated heterocycles. The normalized spacial score (nSPS) is 11.9. The van der Waals surface area contributed by atoms with E-state index in [1.165, 1.54) is 35.2 Å². The third kappa shape index (κ3) is 4.75. The summed E-state index contributed by atoms with van der Waals surface area (Å²) >= 11 is 8.60. The molecule has 0 atom stereocenters. The molecule has 0 radical (unpaired) electrons. The van der Waals surface area contributed by atoms with Gasteiger partial charge in [-0.15, -0.1) is 11.3 Å². The highest BCUT2D eigenvalue weighted by Crippen LogP contribution is 2.31. The molecule has 1 amide bonds. The van der Waals surface area contributed by atoms with E-state index in [1.54, 1.807) is 12.1 Å². The van der Waals surface area contributed by atoms with Crippen molar-refractivity contribution < 1.29 is 22.0 Å². The Morgan fingerprint density at radius 2 is 1.93 bits per heavy atom. The van der Waals surface area contributed by atoms with E-state index in [2.05, 4.69) is 10.3 Å². The summed E-state index contributed by atoms with van der Waals surface area (Å²) in [6.45, 7) is 0. The Morgan fingerprint density at radius 3 is 2.59 bits per heavy atom. The second-order valence-corrected chi connectivity index (χ2v) is 9.87. The van der Waals surface area contributed by atoms with Crippen LogP contribution in [0.3, 0.4) is 0 Å². The molecular formula is C16H11ClF2N2O3S3. The summed E-state index contributed by atoms with van der Waals surface area (Å²) in [4.78, 5) is 15.9. The summed E-state index contributed by atoms with van der Waals surface area (Å²) in [5.74, 6) is -3.73. The average Bonchev–Trinajstić information content (AvgIpc) is 3.02. The van der Waals surface area contributed by atoms with Crippen LogP contribution in [0.2, 0.25) is 5.02 Å². The molecule has 0 spiro atoms. The molecule has 142 valence electrons. The standard InChI is InChI=1S/C16H11ClF2N2O3S3/c17-9-1-6-13-12(7-9)21-16(26-13)25-8-14(22)20-10-2-4-11(5-3-10)27(23,24)15(18)19/h1-7,15H,8H2,(H,20,22). The van der Waals surface area contributed by atoms with Crippen LogP contribution in [0.1, 0.15) is 0 Å². The molecule has 1 N–H and O–H groups in total. The number of nitrogens with zero attached hydrogens (tertiary/aromatic N) is 1. The Hall–Kier alpha value is -1.75. The van der Waals surface area contributed by atoms with Crippen molar-refractivity contribution in [2.75, 3.05) is 11.1 Å². The van der Waals surface area contributed by atoms with Gasteiger partial charge in [0.2, 0.25) is 15.7 Å². The van der Waals surface area contributed by atoms with Gasteiger partial charge in [-0.25, -0.2) is 13.4 Å². The lowest BCUT2D eigenvalue weighted by molar-refractivity contribution is -0.113. The van der Waals surface area contributed by atoms with Crippen LogP contribution in [0, 0.1) is 0 Å². The van der Waals surface area contributed by atoms with Crippen molar-refractivity contribution in [1.82, 2.24) is 4.98 Å². The monoisotopic (exact) mass is 448 g/mol. The fourth-order valence-electron chi connectivity index (χ4n) is 2.10. The highest BCUT2D eigenvalue weighted by molar-refractivity contribution is 8.01. The van der Waals surface area contributed by atoms with Gasteiger partial charge >= 0.3 is 5.76 Å². The minimum atomic E-state index is -4.65. The van der Waals surface area contributed by atoms with Crippen molar-refractivity contribution >= 4 is 66.3 Å². The molecule has 0 bridgehead atoms. The highest BCUT2D eigenvalue weighted by Gasteiger charge is 2.26. The maximum absolute atomic E-state index is 12.5. The number of alkyl halides is 2. The number of anilines is 1. The van der Waals surface area contributed by atoms with Crippen LogP contribution in [0.5, 0.6) is 0 Å². The van der Waals surface area contributed by atoms with Gasteiger partial charge in [-0.2, -0.15) is 8.78 Å². The molecule has 0 aliphatic heterocycles. The number of aromatic nitrogens is 1. The first-order valence-electron chi connectivity index (χ1n) is 7.36. The van der Waals surface area contributed by atoms with Crippen molar-refractivity contribution in [3.8, 4) is 0 Å². The van der Waals surface area contributed by atoms with E-state index >= 15 is 0 Å². The van der Waals surface area contributed by atoms with Crippen molar-refractivity contribution in [2.24, 2.45) is 0 Å². The third-order valence-corrected chi connectivity index (χ3v) is 7.17. The molecule has 5 nitrogen and oxygen atoms in total. The van der Waals surface area contributed by atoms with Crippen molar-refractivity contribution in [3.63, 3.8) is 0 Å². The van der Waals surface area contributed by atoms with E-state index in [4.69, 9.17) is 11.6 Å². The Labute approximate surface area is 166 Å². The molecular weight excluding hydrogens is 438 g/mol. The van der Waals surface area contributed by atoms with E-state index in [9.17, 15) is 22.0 Å². The van der Waals surface area contributed by atoms with E-state index in [1.807, 2.05) is 6.07 Å². The number of halogens is 3. The molecule has 3 rings (SSSR count). The van der Waals surface area contributed by atoms with Crippen LogP contribution in [0.15, 0.2) is 51.7 Å². The Balaban J connectivity index is 1.60. The topological polar surface area (TPSA) is 76.1 Å². The van der Waals surface area contributed by atoms with Gasteiger partial charge in [0.25, 0.3) is 0 Å². The predicted molar refractivity (Wildman–Crippen MR) is 104 cm³/mol. The fourth-order valence-corrected chi connectivity index (χ4v) is 4.83. The van der Waals surface area contributed by atoms with Crippen LogP contribution < -0.4 is 5.32 Å². The number of thioether (sulfide) groups is 1. The number of amides is 1. The van der Waals surface area contributed by atoms with E-state index < -0.39 is 20.5 Å². The first-order chi connectivity index (χ1) is 12.8. The maximum Gasteiger partial charge on any atom is 0.341 e. The summed E-state index contributed by atoms with van der Waals surface area (Å²) in [6.07, 6.45) is 0. The number of fused-ring (bicyclic) bond motifs is 1. The quantitative estimate of drug-likeness (QED) is 0.554. The molecule has 0 aliphatic rings. The number of thiazole rings is 1. The number of benzene rings is 2. The van der Waals surface area contributed by atoms with Crippen LogP contribution in [0.4, 0.5) is 14.5 Å². The fraction of sp³-hybridized carbons (Fsp3) is 0.125. The smallest absolute Gasteiger partial charge is 0.325 e. The van der Waals surface area contributed by atoms with Crippen molar-refractivity contribution in [2.45, 2.75) is 15.0 Å². The van der Waals surface area contributed by atoms with Gasteiger partial charge in [0.05, 0.1) is 20.9 Å². The van der Waals surface area contributed by atoms with Gasteiger partial charge in [0, 0.05) is 10.7 Å². The minimum Gasteiger partial charge on any atom is -0.325 e. The van der Waals surface area contributed by atoms with Gasteiger partial charge in [-0.05, 0) is 42.5 Å². The van der Waals surface area contributed by atoms with Gasteiger partial charge < -0.3 is 5.32 Å². The second-order valence-electron chi connectivity index (χ2n) is 5.26. The number of hydrogen-bond donors (Lipinski definition) is 1. The maximum atomic E-state index is 12.5. The Bertz CT molecular complexity index is 1090. The number of hydrogen-bond acceptors (Lipinski definition) is 6. The van der Waals surface area contributed by atoms with E-state index in [-0.39, 0.29) is 11.7 Å². The Morgan fingerprint density at radius 1 is 1.22 bits per heavy atom. The second kappa shape index (κ2) is 8.09. The summed E-state index contributed by atoms with van der Waals surface area (Å²) in [7, 11) is -4.65. The SMILES string of the molecule is O=C(CSc1nc2cc(Cl)ccc2s1)Nc1ccc(S(=O)(=O)C(F)F)cc1. The van der Waals surface area contributed by atoms with Crippen molar-refractivity contribution in [1.29, 1.82) is 0 Å². The van der Waals surface area contributed by atoms with Gasteiger partial charge in [-0.3, -0.25) is 4.79 Å². The molecule has 2 aromatic carbocycles. The summed E-state index contributed by atoms with van der Waals surface area (Å²) in [5, 5.41) is 3.16. The zero-order chi connectivity index (χ0) is 19.6. The van der Waals surface area contributed by atoms with Gasteiger partial charge in [0.1, 0.15) is 0 Å². The Kier molecular flexibility index (Phi) is 5.99. The molecule has 1 aromatic heterocycles. The molecule has 0 aliphatic carbocycles. The summed E-state index contributed by atoms with van der Waals surface area (Å²) in [6, 6.07) is 9.94. The predicted octanol–water partition coefficient (Wildman–Crippen LogP) is 4.68. The molecule has 0 fully saturated rings. The number of sulfone groups is 1. The number of nitrogens with one attached hydrogen (secondary N) is 1. The zero-order valence-corrected chi connectivity index (χ0v) is 16.6. The minimum absolute atomic E-state index is 0.0879. The van der Waals surface area contributed by atoms with Gasteiger partial charge in [0.15, 0.2) is 4.34 Å².